The molecule has 72 valence electrons. The van der Waals surface area contributed by atoms with Crippen molar-refractivity contribution in [1.82, 2.24) is 0 Å². The van der Waals surface area contributed by atoms with Crippen molar-refractivity contribution in [3.05, 3.63) is 0 Å². The smallest absolute Gasteiger partial charge is 0.119 e. The van der Waals surface area contributed by atoms with Gasteiger partial charge in [0.05, 0.1) is 0 Å². The van der Waals surface area contributed by atoms with Gasteiger partial charge in [-0.25, -0.2) is 0 Å². The van der Waals surface area contributed by atoms with E-state index in [-0.39, 0.29) is 0 Å². The summed E-state index contributed by atoms with van der Waals surface area (Å²) in [6.45, 7) is 4.15. The lowest BCUT2D eigenvalue weighted by molar-refractivity contribution is -0.108. The Kier molecular flexibility index (Phi) is 19.4. The Hall–Kier alpha value is -0.660. The molecule has 0 radical (unpaired) electrons. The van der Waals surface area contributed by atoms with Gasteiger partial charge in [-0.2, -0.15) is 0 Å². The van der Waals surface area contributed by atoms with Gasteiger partial charge in [0, 0.05) is 12.8 Å². The van der Waals surface area contributed by atoms with E-state index in [0.29, 0.717) is 0 Å². The minimum absolute atomic E-state index is 0.733. The van der Waals surface area contributed by atoms with E-state index < -0.39 is 0 Å². The fourth-order valence-corrected chi connectivity index (χ4v) is 0.575. The lowest BCUT2D eigenvalue weighted by Gasteiger charge is -1.79. The van der Waals surface area contributed by atoms with Gasteiger partial charge in [-0.05, 0) is 12.8 Å². The van der Waals surface area contributed by atoms with Crippen molar-refractivity contribution in [2.45, 2.75) is 52.4 Å². The van der Waals surface area contributed by atoms with Crippen molar-refractivity contribution in [3.8, 4) is 0 Å². The van der Waals surface area contributed by atoms with Crippen LogP contribution in [-0.2, 0) is 9.59 Å². The predicted octanol–water partition coefficient (Wildman–Crippen LogP) is 2.75. The summed E-state index contributed by atoms with van der Waals surface area (Å²) >= 11 is 0. The fraction of sp³-hybridized carbons (Fsp3) is 0.800. The fourth-order valence-electron chi connectivity index (χ4n) is 0.575. The summed E-state index contributed by atoms with van der Waals surface area (Å²) in [5, 5.41) is 0. The van der Waals surface area contributed by atoms with Gasteiger partial charge in [-0.15, -0.1) is 0 Å². The van der Waals surface area contributed by atoms with E-state index >= 15 is 0 Å². The van der Waals surface area contributed by atoms with Crippen LogP contribution in [0.5, 0.6) is 0 Å². The van der Waals surface area contributed by atoms with E-state index in [9.17, 15) is 9.59 Å². The molecular formula is C10H20O2. The molecule has 2 nitrogen and oxygen atoms in total. The second-order valence-corrected chi connectivity index (χ2v) is 2.62. The molecule has 0 N–H and O–H groups in total. The van der Waals surface area contributed by atoms with Crippen LogP contribution < -0.4 is 0 Å². The second kappa shape index (κ2) is 16.7. The Morgan fingerprint density at radius 1 is 0.833 bits per heavy atom. The standard InChI is InChI=1S/2C5H10O/c2*1-2-3-4-5-6/h2*5H,2-4H2,1H3. The molecular weight excluding hydrogens is 152 g/mol. The van der Waals surface area contributed by atoms with Crippen molar-refractivity contribution >= 4 is 12.6 Å². The van der Waals surface area contributed by atoms with Crippen LogP contribution in [0.1, 0.15) is 52.4 Å². The maximum Gasteiger partial charge on any atom is 0.119 e. The lowest BCUT2D eigenvalue weighted by atomic mass is 10.3. The third-order valence-corrected chi connectivity index (χ3v) is 1.35. The van der Waals surface area contributed by atoms with Crippen LogP contribution in [0.2, 0.25) is 0 Å². The maximum absolute atomic E-state index is 9.56. The SMILES string of the molecule is CCCCC=O.CCCCC=O. The van der Waals surface area contributed by atoms with Crippen LogP contribution in [0.3, 0.4) is 0 Å². The van der Waals surface area contributed by atoms with Crippen LogP contribution in [0.15, 0.2) is 0 Å². The van der Waals surface area contributed by atoms with Gasteiger partial charge in [0.1, 0.15) is 12.6 Å². The molecule has 0 unspecified atom stereocenters. The molecule has 2 heteroatoms. The van der Waals surface area contributed by atoms with Gasteiger partial charge < -0.3 is 9.59 Å². The Balaban J connectivity index is 0. The van der Waals surface area contributed by atoms with Crippen LogP contribution in [0, 0.1) is 0 Å². The zero-order chi connectivity index (χ0) is 9.66. The van der Waals surface area contributed by atoms with Gasteiger partial charge >= 0.3 is 0 Å². The molecule has 0 aliphatic heterocycles. The first kappa shape index (κ1) is 13.9. The molecule has 0 aliphatic carbocycles. The monoisotopic (exact) mass is 172 g/mol. The van der Waals surface area contributed by atoms with Crippen LogP contribution in [-0.4, -0.2) is 12.6 Å². The van der Waals surface area contributed by atoms with Gasteiger partial charge in [0.25, 0.3) is 0 Å². The number of rotatable bonds is 6. The van der Waals surface area contributed by atoms with E-state index in [1.807, 2.05) is 0 Å². The molecule has 12 heavy (non-hydrogen) atoms. The summed E-state index contributed by atoms with van der Waals surface area (Å²) in [6, 6.07) is 0. The third-order valence-electron chi connectivity index (χ3n) is 1.35. The number of hydrogen-bond donors (Lipinski definition) is 0. The number of unbranched alkanes of at least 4 members (excludes halogenated alkanes) is 4. The van der Waals surface area contributed by atoms with E-state index in [0.717, 1.165) is 51.1 Å². The molecule has 0 rings (SSSR count). The van der Waals surface area contributed by atoms with Gasteiger partial charge in [0.2, 0.25) is 0 Å². The summed E-state index contributed by atoms with van der Waals surface area (Å²) in [6.07, 6.45) is 7.73. The first-order valence-electron chi connectivity index (χ1n) is 4.70. The quantitative estimate of drug-likeness (QED) is 0.456. The Morgan fingerprint density at radius 3 is 1.25 bits per heavy atom. The first-order valence-corrected chi connectivity index (χ1v) is 4.70. The van der Waals surface area contributed by atoms with Gasteiger partial charge in [-0.1, -0.05) is 26.7 Å². The third kappa shape index (κ3) is 22.8. The molecule has 0 aromatic rings. The largest absolute Gasteiger partial charge is 0.303 e. The molecule has 0 aromatic heterocycles. The molecule has 0 fully saturated rings. The van der Waals surface area contributed by atoms with Crippen molar-refractivity contribution in [2.24, 2.45) is 0 Å². The molecule has 0 aromatic carbocycles. The van der Waals surface area contributed by atoms with Crippen LogP contribution >= 0.6 is 0 Å². The summed E-state index contributed by atoms with van der Waals surface area (Å²) in [5.41, 5.74) is 0. The zero-order valence-electron chi connectivity index (χ0n) is 8.21. The summed E-state index contributed by atoms with van der Waals surface area (Å²) in [7, 11) is 0. The Bertz CT molecular complexity index is 77.8. The van der Waals surface area contributed by atoms with Crippen molar-refractivity contribution in [3.63, 3.8) is 0 Å². The minimum atomic E-state index is 0.733. The van der Waals surface area contributed by atoms with Crippen molar-refractivity contribution < 1.29 is 9.59 Å². The van der Waals surface area contributed by atoms with Gasteiger partial charge in [-0.3, -0.25) is 0 Å². The first-order chi connectivity index (χ1) is 5.83. The predicted molar refractivity (Wildman–Crippen MR) is 51.2 cm³/mol. The van der Waals surface area contributed by atoms with E-state index in [1.165, 1.54) is 0 Å². The molecule has 0 spiro atoms. The maximum atomic E-state index is 9.56. The minimum Gasteiger partial charge on any atom is -0.303 e. The molecule has 0 saturated heterocycles. The zero-order valence-corrected chi connectivity index (χ0v) is 8.21. The summed E-state index contributed by atoms with van der Waals surface area (Å²) in [5.74, 6) is 0. The number of hydrogen-bond acceptors (Lipinski definition) is 2. The number of aldehydes is 2. The van der Waals surface area contributed by atoms with E-state index in [4.69, 9.17) is 0 Å². The molecule has 0 atom stereocenters. The highest BCUT2D eigenvalue weighted by molar-refractivity contribution is 5.49. The topological polar surface area (TPSA) is 34.1 Å². The van der Waals surface area contributed by atoms with Crippen molar-refractivity contribution in [1.29, 1.82) is 0 Å². The normalized spacial score (nSPS) is 8.17. The lowest BCUT2D eigenvalue weighted by Crippen LogP contribution is -1.70. The summed E-state index contributed by atoms with van der Waals surface area (Å²) < 4.78 is 0. The highest BCUT2D eigenvalue weighted by Crippen LogP contribution is 1.87. The van der Waals surface area contributed by atoms with E-state index in [1.54, 1.807) is 0 Å². The summed E-state index contributed by atoms with van der Waals surface area (Å²) in [4.78, 5) is 19.1. The van der Waals surface area contributed by atoms with E-state index in [2.05, 4.69) is 13.8 Å². The average molecular weight is 172 g/mol. The number of carbonyl (C=O) groups excluding carboxylic acids is 2. The average Bonchev–Trinajstić information content (AvgIpc) is 2.12. The van der Waals surface area contributed by atoms with Crippen LogP contribution in [0.25, 0.3) is 0 Å². The molecule has 0 amide bonds. The molecule has 0 saturated carbocycles. The number of carbonyl (C=O) groups is 2. The van der Waals surface area contributed by atoms with Gasteiger partial charge in [0.15, 0.2) is 0 Å². The van der Waals surface area contributed by atoms with Crippen LogP contribution in [0.4, 0.5) is 0 Å². The highest BCUT2D eigenvalue weighted by Gasteiger charge is 1.75. The molecule has 0 aliphatic rings. The second-order valence-electron chi connectivity index (χ2n) is 2.62. The highest BCUT2D eigenvalue weighted by atomic mass is 16.1. The Labute approximate surface area is 75.4 Å². The Morgan fingerprint density at radius 2 is 1.17 bits per heavy atom. The molecule has 0 bridgehead atoms. The van der Waals surface area contributed by atoms with Crippen molar-refractivity contribution in [2.75, 3.05) is 0 Å². The molecule has 0 heterocycles.